The smallest absolute Gasteiger partial charge is 0.286 e. The van der Waals surface area contributed by atoms with E-state index in [-0.39, 0.29) is 5.91 Å². The topological polar surface area (TPSA) is 69.3 Å². The Labute approximate surface area is 222 Å². The number of aromatic nitrogens is 3. The van der Waals surface area contributed by atoms with E-state index in [9.17, 15) is 4.79 Å². The van der Waals surface area contributed by atoms with Gasteiger partial charge in [-0.1, -0.05) is 13.0 Å². The minimum Gasteiger partial charge on any atom is -0.369 e. The highest BCUT2D eigenvalue weighted by Crippen LogP contribution is 2.32. The van der Waals surface area contributed by atoms with Crippen molar-refractivity contribution in [3.8, 4) is 11.3 Å². The van der Waals surface area contributed by atoms with Gasteiger partial charge in [0.05, 0.1) is 22.5 Å². The van der Waals surface area contributed by atoms with Gasteiger partial charge in [-0.3, -0.25) is 9.69 Å². The molecule has 0 aliphatic carbocycles. The molecule has 3 aromatic rings. The summed E-state index contributed by atoms with van der Waals surface area (Å²) in [7, 11) is 0. The molecule has 0 N–H and O–H groups in total. The molecule has 0 bridgehead atoms. The van der Waals surface area contributed by atoms with Crippen molar-refractivity contribution in [2.75, 3.05) is 50.7 Å². The van der Waals surface area contributed by atoms with Crippen LogP contribution in [0.15, 0.2) is 46.4 Å². The van der Waals surface area contributed by atoms with Gasteiger partial charge in [-0.05, 0) is 80.4 Å². The number of amidine groups is 1. The maximum atomic E-state index is 12.5. The molecular formula is C28H33N7OS. The fourth-order valence-electron chi connectivity index (χ4n) is 5.44. The number of aryl methyl sites for hydroxylation is 1. The monoisotopic (exact) mass is 515 g/mol. The van der Waals surface area contributed by atoms with Crippen molar-refractivity contribution in [3.63, 3.8) is 0 Å². The molecule has 3 aliphatic rings. The highest BCUT2D eigenvalue weighted by Gasteiger charge is 2.28. The van der Waals surface area contributed by atoms with Gasteiger partial charge < -0.3 is 9.80 Å². The Bertz CT molecular complexity index is 1380. The average Bonchev–Trinajstić information content (AvgIpc) is 3.65. The van der Waals surface area contributed by atoms with Gasteiger partial charge in [0, 0.05) is 50.5 Å². The van der Waals surface area contributed by atoms with Gasteiger partial charge in [0.1, 0.15) is 0 Å². The first-order chi connectivity index (χ1) is 18.1. The zero-order chi connectivity index (χ0) is 25.4. The van der Waals surface area contributed by atoms with Crippen LogP contribution in [0.5, 0.6) is 0 Å². The summed E-state index contributed by atoms with van der Waals surface area (Å²) in [6.45, 7) is 11.9. The molecule has 2 fully saturated rings. The zero-order valence-corrected chi connectivity index (χ0v) is 22.4. The van der Waals surface area contributed by atoms with Crippen LogP contribution in [0.1, 0.15) is 37.4 Å². The van der Waals surface area contributed by atoms with Crippen LogP contribution in [-0.4, -0.2) is 81.3 Å². The van der Waals surface area contributed by atoms with Crippen LogP contribution < -0.4 is 4.90 Å². The Morgan fingerprint density at radius 2 is 1.81 bits per heavy atom. The van der Waals surface area contributed by atoms with Crippen molar-refractivity contribution < 1.29 is 4.79 Å². The molecule has 37 heavy (non-hydrogen) atoms. The Morgan fingerprint density at radius 1 is 1.00 bits per heavy atom. The molecule has 0 atom stereocenters. The van der Waals surface area contributed by atoms with E-state index in [2.05, 4.69) is 56.7 Å². The summed E-state index contributed by atoms with van der Waals surface area (Å²) in [6.07, 6.45) is 7.24. The second-order valence-corrected chi connectivity index (χ2v) is 11.0. The number of hydrogen-bond acceptors (Lipinski definition) is 7. The summed E-state index contributed by atoms with van der Waals surface area (Å²) < 4.78 is 1.87. The summed E-state index contributed by atoms with van der Waals surface area (Å²) in [5.41, 5.74) is 6.09. The van der Waals surface area contributed by atoms with E-state index >= 15 is 0 Å². The number of hydrogen-bond donors (Lipinski definition) is 0. The van der Waals surface area contributed by atoms with Crippen LogP contribution in [0.4, 0.5) is 5.69 Å². The molecule has 2 saturated heterocycles. The molecule has 0 spiro atoms. The molecular weight excluding hydrogens is 482 g/mol. The van der Waals surface area contributed by atoms with Crippen molar-refractivity contribution in [1.82, 2.24) is 24.4 Å². The van der Waals surface area contributed by atoms with Crippen LogP contribution >= 0.6 is 11.8 Å². The molecule has 1 amide bonds. The van der Waals surface area contributed by atoms with Gasteiger partial charge in [0.2, 0.25) is 0 Å². The molecule has 0 unspecified atom stereocenters. The summed E-state index contributed by atoms with van der Waals surface area (Å²) in [5, 5.41) is 5.65. The number of imidazole rings is 1. The quantitative estimate of drug-likeness (QED) is 0.469. The molecule has 5 heterocycles. The van der Waals surface area contributed by atoms with Gasteiger partial charge in [-0.15, -0.1) is 0 Å². The molecule has 9 heteroatoms. The van der Waals surface area contributed by atoms with E-state index in [1.54, 1.807) is 0 Å². The van der Waals surface area contributed by atoms with E-state index in [0.717, 1.165) is 79.9 Å². The first-order valence-electron chi connectivity index (χ1n) is 13.3. The van der Waals surface area contributed by atoms with Crippen LogP contribution in [0, 0.1) is 6.92 Å². The number of fused-ring (bicyclic) bond motifs is 1. The number of likely N-dealkylation sites (tertiary alicyclic amines) is 1. The largest absolute Gasteiger partial charge is 0.369 e. The lowest BCUT2D eigenvalue weighted by atomic mass is 10.1. The fraction of sp³-hybridized carbons (Fsp3) is 0.429. The summed E-state index contributed by atoms with van der Waals surface area (Å²) in [5.74, 6) is -0.179. The molecule has 192 valence electrons. The lowest BCUT2D eigenvalue weighted by molar-refractivity contribution is -0.113. The third-order valence-corrected chi connectivity index (χ3v) is 8.44. The third-order valence-electron chi connectivity index (χ3n) is 7.39. The number of benzene rings is 1. The van der Waals surface area contributed by atoms with E-state index in [1.807, 2.05) is 28.9 Å². The molecule has 0 radical (unpaired) electrons. The third kappa shape index (κ3) is 4.90. The summed E-state index contributed by atoms with van der Waals surface area (Å²) in [4.78, 5) is 29.3. The number of thioether (sulfide) groups is 1. The standard InChI is InChI=1S/C28H33N7OS/c1-3-10-32-13-15-33(16-14-32)23-8-6-21(17-20(23)2)24-19-29-26-9-7-22(31-35(24)26)18-25-27(36)30-28(37-25)34-11-4-5-12-34/h6-9,17-19H,3-5,10-16H2,1-2H3. The molecule has 8 nitrogen and oxygen atoms in total. The van der Waals surface area contributed by atoms with Crippen molar-refractivity contribution in [2.24, 2.45) is 4.99 Å². The Kier molecular flexibility index (Phi) is 6.73. The number of piperazine rings is 1. The zero-order valence-electron chi connectivity index (χ0n) is 21.6. The number of carbonyl (C=O) groups excluding carboxylic acids is 1. The highest BCUT2D eigenvalue weighted by molar-refractivity contribution is 8.18. The van der Waals surface area contributed by atoms with E-state index < -0.39 is 0 Å². The van der Waals surface area contributed by atoms with Gasteiger partial charge in [0.15, 0.2) is 10.8 Å². The Morgan fingerprint density at radius 3 is 2.57 bits per heavy atom. The summed E-state index contributed by atoms with van der Waals surface area (Å²) in [6, 6.07) is 10.5. The van der Waals surface area contributed by atoms with Crippen molar-refractivity contribution in [2.45, 2.75) is 33.1 Å². The minimum atomic E-state index is -0.179. The first kappa shape index (κ1) is 24.2. The Hall–Kier alpha value is -3.17. The molecule has 0 saturated carbocycles. The number of aliphatic imine (C=N–C) groups is 1. The summed E-state index contributed by atoms with van der Waals surface area (Å²) >= 11 is 1.45. The normalized spacial score (nSPS) is 20.0. The minimum absolute atomic E-state index is 0.179. The highest BCUT2D eigenvalue weighted by atomic mass is 32.2. The second kappa shape index (κ2) is 10.3. The number of anilines is 1. The first-order valence-corrected chi connectivity index (χ1v) is 14.1. The maximum Gasteiger partial charge on any atom is 0.286 e. The molecule has 2 aromatic heterocycles. The average molecular weight is 516 g/mol. The van der Waals surface area contributed by atoms with Crippen LogP contribution in [0.3, 0.4) is 0 Å². The van der Waals surface area contributed by atoms with Crippen molar-refractivity contribution in [3.05, 3.63) is 52.7 Å². The van der Waals surface area contributed by atoms with Gasteiger partial charge >= 0.3 is 0 Å². The van der Waals surface area contributed by atoms with Gasteiger partial charge in [0.25, 0.3) is 5.91 Å². The molecule has 1 aromatic carbocycles. The van der Waals surface area contributed by atoms with Crippen molar-refractivity contribution in [1.29, 1.82) is 0 Å². The van der Waals surface area contributed by atoms with E-state index in [0.29, 0.717) is 4.91 Å². The van der Waals surface area contributed by atoms with Gasteiger partial charge in [-0.2, -0.15) is 10.1 Å². The number of amides is 1. The number of nitrogens with zero attached hydrogens (tertiary/aromatic N) is 7. The van der Waals surface area contributed by atoms with Crippen LogP contribution in [0.2, 0.25) is 0 Å². The predicted molar refractivity (Wildman–Crippen MR) is 151 cm³/mol. The lowest BCUT2D eigenvalue weighted by Crippen LogP contribution is -2.46. The van der Waals surface area contributed by atoms with Crippen LogP contribution in [-0.2, 0) is 4.79 Å². The Balaban J connectivity index is 1.23. The SMILES string of the molecule is CCCN1CCN(c2ccc(-c3cnc4ccc(C=C5SC(N6CCCC6)=NC5=O)nn34)cc2C)CC1. The number of carbonyl (C=O) groups is 1. The molecule has 3 aliphatic heterocycles. The van der Waals surface area contributed by atoms with E-state index in [4.69, 9.17) is 5.10 Å². The molecule has 6 rings (SSSR count). The van der Waals surface area contributed by atoms with E-state index in [1.165, 1.54) is 36.0 Å². The maximum absolute atomic E-state index is 12.5. The number of rotatable bonds is 5. The second-order valence-electron chi connectivity index (χ2n) is 10.0. The predicted octanol–water partition coefficient (Wildman–Crippen LogP) is 4.30. The fourth-order valence-corrected chi connectivity index (χ4v) is 6.39. The van der Waals surface area contributed by atoms with Gasteiger partial charge in [-0.25, -0.2) is 9.50 Å². The van der Waals surface area contributed by atoms with Crippen LogP contribution in [0.25, 0.3) is 23.0 Å². The van der Waals surface area contributed by atoms with Crippen molar-refractivity contribution >= 4 is 40.2 Å². The lowest BCUT2D eigenvalue weighted by Gasteiger charge is -2.36.